The molecule has 0 radical (unpaired) electrons. The summed E-state index contributed by atoms with van der Waals surface area (Å²) in [5.41, 5.74) is 3.76. The Bertz CT molecular complexity index is 339. The number of ether oxygens (including phenoxy) is 1. The number of nitrogens with two attached hydrogens (primary N) is 1. The van der Waals surface area contributed by atoms with E-state index in [2.05, 4.69) is 0 Å². The van der Waals surface area contributed by atoms with Gasteiger partial charge in [0.25, 0.3) is 0 Å². The molecular weight excluding hydrogens is 236 g/mol. The molecule has 0 aliphatic carbocycles. The molecule has 1 saturated heterocycles. The Morgan fingerprint density at radius 2 is 1.94 bits per heavy atom. The van der Waals surface area contributed by atoms with Crippen LogP contribution < -0.4 is 5.73 Å². The highest BCUT2D eigenvalue weighted by molar-refractivity contribution is 5.79. The summed E-state index contributed by atoms with van der Waals surface area (Å²) in [4.78, 5) is 24.0. The van der Waals surface area contributed by atoms with Crippen molar-refractivity contribution in [1.29, 1.82) is 0 Å². The minimum absolute atomic E-state index is 0.152. The van der Waals surface area contributed by atoms with E-state index in [1.54, 1.807) is 11.8 Å². The van der Waals surface area contributed by atoms with Gasteiger partial charge in [0, 0.05) is 18.5 Å². The first kappa shape index (κ1) is 14.9. The lowest BCUT2D eigenvalue weighted by Crippen LogP contribution is -2.57. The molecule has 1 atom stereocenters. The fourth-order valence-corrected chi connectivity index (χ4v) is 1.96. The summed E-state index contributed by atoms with van der Waals surface area (Å²) in [7, 11) is 0. The zero-order valence-corrected chi connectivity index (χ0v) is 11.2. The number of amides is 2. The third-order valence-electron chi connectivity index (χ3n) is 3.74. The summed E-state index contributed by atoms with van der Waals surface area (Å²) in [5, 5.41) is 10.2. The first-order valence-electron chi connectivity index (χ1n) is 6.02. The second-order valence-corrected chi connectivity index (χ2v) is 5.68. The van der Waals surface area contributed by atoms with Crippen molar-refractivity contribution in [2.24, 2.45) is 11.1 Å². The molecule has 104 valence electrons. The minimum atomic E-state index is -0.780. The van der Waals surface area contributed by atoms with Crippen LogP contribution in [-0.4, -0.2) is 53.7 Å². The van der Waals surface area contributed by atoms with E-state index in [9.17, 15) is 14.7 Å². The summed E-state index contributed by atoms with van der Waals surface area (Å²) >= 11 is 0. The van der Waals surface area contributed by atoms with Crippen molar-refractivity contribution in [2.75, 3.05) is 26.3 Å². The molecule has 0 aromatic rings. The number of nitrogens with zero attached hydrogens (tertiary/aromatic N) is 1. The topological polar surface area (TPSA) is 92.9 Å². The van der Waals surface area contributed by atoms with E-state index in [1.807, 2.05) is 13.8 Å². The number of likely N-dealkylation sites (tertiary alicyclic amines) is 1. The highest BCUT2D eigenvalue weighted by Crippen LogP contribution is 2.38. The molecule has 6 nitrogen and oxygen atoms in total. The Hall–Kier alpha value is -1.14. The van der Waals surface area contributed by atoms with Crippen LogP contribution in [0.25, 0.3) is 0 Å². The molecule has 0 saturated carbocycles. The number of carbonyl (C=O) groups excluding carboxylic acids is 2. The van der Waals surface area contributed by atoms with Gasteiger partial charge < -0.3 is 20.5 Å². The normalized spacial score (nSPS) is 27.0. The van der Waals surface area contributed by atoms with Gasteiger partial charge in [-0.15, -0.1) is 0 Å². The van der Waals surface area contributed by atoms with Crippen LogP contribution in [0.2, 0.25) is 0 Å². The zero-order valence-electron chi connectivity index (χ0n) is 11.2. The van der Waals surface area contributed by atoms with Crippen LogP contribution in [0.5, 0.6) is 0 Å². The lowest BCUT2D eigenvalue weighted by Gasteiger charge is -2.48. The van der Waals surface area contributed by atoms with Gasteiger partial charge in [-0.1, -0.05) is 13.8 Å². The van der Waals surface area contributed by atoms with Crippen LogP contribution in [0.3, 0.4) is 0 Å². The Morgan fingerprint density at radius 1 is 1.33 bits per heavy atom. The van der Waals surface area contributed by atoms with Crippen molar-refractivity contribution in [2.45, 2.75) is 32.8 Å². The maximum atomic E-state index is 11.8. The fourth-order valence-electron chi connectivity index (χ4n) is 1.96. The second-order valence-electron chi connectivity index (χ2n) is 5.68. The van der Waals surface area contributed by atoms with E-state index >= 15 is 0 Å². The molecule has 0 bridgehead atoms. The van der Waals surface area contributed by atoms with Gasteiger partial charge in [-0.25, -0.2) is 0 Å². The summed E-state index contributed by atoms with van der Waals surface area (Å²) in [6.07, 6.45) is 0.529. The molecule has 1 aliphatic rings. The first-order chi connectivity index (χ1) is 8.16. The van der Waals surface area contributed by atoms with Gasteiger partial charge in [0.05, 0.1) is 5.60 Å². The summed E-state index contributed by atoms with van der Waals surface area (Å²) in [6, 6.07) is 0. The third-order valence-corrected chi connectivity index (χ3v) is 3.74. The highest BCUT2D eigenvalue weighted by Gasteiger charge is 2.44. The molecule has 0 aromatic carbocycles. The number of carbonyl (C=O) groups is 2. The van der Waals surface area contributed by atoms with Gasteiger partial charge in [-0.05, 0) is 13.3 Å². The number of hydrogen-bond acceptors (Lipinski definition) is 4. The van der Waals surface area contributed by atoms with E-state index in [4.69, 9.17) is 10.5 Å². The largest absolute Gasteiger partial charge is 0.389 e. The van der Waals surface area contributed by atoms with Crippen molar-refractivity contribution < 1.29 is 19.4 Å². The average molecular weight is 258 g/mol. The Labute approximate surface area is 107 Å². The van der Waals surface area contributed by atoms with E-state index < -0.39 is 11.5 Å². The standard InChI is InChI=1S/C12H22N2O4/c1-11(2)8-14(5-4-12(11,3)17)10(16)7-18-6-9(13)15/h17H,4-8H2,1-3H3,(H2,13,15)/t12-/m0/s1. The Kier molecular flexibility index (Phi) is 4.34. The summed E-state index contributed by atoms with van der Waals surface area (Å²) in [6.45, 7) is 6.21. The van der Waals surface area contributed by atoms with Crippen LogP contribution in [0.1, 0.15) is 27.2 Å². The lowest BCUT2D eigenvalue weighted by molar-refractivity contribution is -0.151. The number of aliphatic hydroxyl groups is 1. The van der Waals surface area contributed by atoms with Crippen molar-refractivity contribution in [3.8, 4) is 0 Å². The van der Waals surface area contributed by atoms with E-state index in [0.717, 1.165) is 0 Å². The second kappa shape index (κ2) is 5.24. The third kappa shape index (κ3) is 3.43. The van der Waals surface area contributed by atoms with Crippen molar-refractivity contribution in [3.05, 3.63) is 0 Å². The smallest absolute Gasteiger partial charge is 0.248 e. The van der Waals surface area contributed by atoms with Crippen LogP contribution in [0.15, 0.2) is 0 Å². The van der Waals surface area contributed by atoms with Gasteiger partial charge in [0.15, 0.2) is 0 Å². The summed E-state index contributed by atoms with van der Waals surface area (Å²) in [5.74, 6) is -0.774. The number of hydrogen-bond donors (Lipinski definition) is 2. The van der Waals surface area contributed by atoms with Crippen LogP contribution in [0, 0.1) is 5.41 Å². The highest BCUT2D eigenvalue weighted by atomic mass is 16.5. The molecular formula is C12H22N2O4. The first-order valence-corrected chi connectivity index (χ1v) is 6.02. The molecule has 3 N–H and O–H groups in total. The fraction of sp³-hybridized carbons (Fsp3) is 0.833. The number of primary amides is 1. The lowest BCUT2D eigenvalue weighted by atomic mass is 9.71. The van der Waals surface area contributed by atoms with Gasteiger partial charge in [-0.3, -0.25) is 9.59 Å². The van der Waals surface area contributed by atoms with Gasteiger partial charge in [0.2, 0.25) is 11.8 Å². The van der Waals surface area contributed by atoms with Gasteiger partial charge >= 0.3 is 0 Å². The van der Waals surface area contributed by atoms with Crippen molar-refractivity contribution in [1.82, 2.24) is 4.90 Å². The molecule has 1 aliphatic heterocycles. The molecule has 1 heterocycles. The van der Waals surface area contributed by atoms with E-state index in [-0.39, 0.29) is 24.5 Å². The predicted octanol–water partition coefficient (Wildman–Crippen LogP) is -0.502. The Morgan fingerprint density at radius 3 is 2.44 bits per heavy atom. The predicted molar refractivity (Wildman–Crippen MR) is 65.6 cm³/mol. The maximum Gasteiger partial charge on any atom is 0.248 e. The minimum Gasteiger partial charge on any atom is -0.389 e. The molecule has 0 unspecified atom stereocenters. The van der Waals surface area contributed by atoms with Crippen LogP contribution in [-0.2, 0) is 14.3 Å². The molecule has 18 heavy (non-hydrogen) atoms. The zero-order chi connectivity index (χ0) is 14.0. The molecule has 1 fully saturated rings. The summed E-state index contributed by atoms with van der Waals surface area (Å²) < 4.78 is 4.90. The van der Waals surface area contributed by atoms with Crippen molar-refractivity contribution in [3.63, 3.8) is 0 Å². The number of piperidine rings is 1. The molecule has 6 heteroatoms. The Balaban J connectivity index is 2.49. The quantitative estimate of drug-likeness (QED) is 0.711. The van der Waals surface area contributed by atoms with Gasteiger partial charge in [0.1, 0.15) is 13.2 Å². The number of rotatable bonds is 4. The molecule has 0 spiro atoms. The van der Waals surface area contributed by atoms with Crippen LogP contribution >= 0.6 is 0 Å². The molecule has 2 amide bonds. The van der Waals surface area contributed by atoms with Crippen molar-refractivity contribution >= 4 is 11.8 Å². The monoisotopic (exact) mass is 258 g/mol. The van der Waals surface area contributed by atoms with Gasteiger partial charge in [-0.2, -0.15) is 0 Å². The van der Waals surface area contributed by atoms with Crippen LogP contribution in [0.4, 0.5) is 0 Å². The molecule has 1 rings (SSSR count). The maximum absolute atomic E-state index is 11.8. The SMILES string of the molecule is CC1(C)CN(C(=O)COCC(N)=O)CC[C@]1(C)O. The van der Waals surface area contributed by atoms with E-state index in [0.29, 0.717) is 19.5 Å². The van der Waals surface area contributed by atoms with E-state index in [1.165, 1.54) is 0 Å². The average Bonchev–Trinajstić information content (AvgIpc) is 2.21. The molecule has 0 aromatic heterocycles.